The van der Waals surface area contributed by atoms with Crippen LogP contribution in [0.5, 0.6) is 0 Å². The summed E-state index contributed by atoms with van der Waals surface area (Å²) in [6.07, 6.45) is 0.672. The predicted octanol–water partition coefficient (Wildman–Crippen LogP) is 2.62. The van der Waals surface area contributed by atoms with Gasteiger partial charge in [0, 0.05) is 24.6 Å². The maximum Gasteiger partial charge on any atom is 0.251 e. The number of anilines is 1. The highest BCUT2D eigenvalue weighted by atomic mass is 19.1. The highest BCUT2D eigenvalue weighted by molar-refractivity contribution is 5.95. The molecule has 26 heavy (non-hydrogen) atoms. The van der Waals surface area contributed by atoms with Gasteiger partial charge in [0.25, 0.3) is 5.91 Å². The number of halogens is 1. The van der Waals surface area contributed by atoms with Crippen LogP contribution in [0, 0.1) is 5.82 Å². The SMILES string of the molecule is CC(CC(=O)Nc1ccc2c(c1F)CCNC2)NC(=O)c1ccccc1. The van der Waals surface area contributed by atoms with Crippen molar-refractivity contribution < 1.29 is 14.0 Å². The Bertz CT molecular complexity index is 808. The van der Waals surface area contributed by atoms with E-state index in [2.05, 4.69) is 16.0 Å². The van der Waals surface area contributed by atoms with Crippen LogP contribution < -0.4 is 16.0 Å². The van der Waals surface area contributed by atoms with Gasteiger partial charge >= 0.3 is 0 Å². The van der Waals surface area contributed by atoms with Gasteiger partial charge in [-0.3, -0.25) is 9.59 Å². The molecule has 1 aliphatic rings. The van der Waals surface area contributed by atoms with Crippen molar-refractivity contribution in [2.24, 2.45) is 0 Å². The van der Waals surface area contributed by atoms with E-state index in [4.69, 9.17) is 0 Å². The summed E-state index contributed by atoms with van der Waals surface area (Å²) in [7, 11) is 0. The lowest BCUT2D eigenvalue weighted by Crippen LogP contribution is -2.35. The number of rotatable bonds is 5. The zero-order chi connectivity index (χ0) is 18.5. The minimum absolute atomic E-state index is 0.0661. The van der Waals surface area contributed by atoms with Gasteiger partial charge in [-0.1, -0.05) is 24.3 Å². The molecule has 0 aliphatic carbocycles. The van der Waals surface area contributed by atoms with Gasteiger partial charge in [0.05, 0.1) is 5.69 Å². The molecule has 2 aromatic carbocycles. The third-order valence-corrected chi connectivity index (χ3v) is 4.39. The third-order valence-electron chi connectivity index (χ3n) is 4.39. The summed E-state index contributed by atoms with van der Waals surface area (Å²) in [5.41, 5.74) is 2.31. The van der Waals surface area contributed by atoms with E-state index in [0.29, 0.717) is 24.1 Å². The molecule has 0 saturated heterocycles. The molecule has 0 aromatic heterocycles. The number of fused-ring (bicyclic) bond motifs is 1. The minimum Gasteiger partial charge on any atom is -0.349 e. The minimum atomic E-state index is -0.368. The molecule has 0 fully saturated rings. The molecule has 0 radical (unpaired) electrons. The molecule has 6 heteroatoms. The third kappa shape index (κ3) is 4.26. The van der Waals surface area contributed by atoms with Crippen LogP contribution in [-0.2, 0) is 17.8 Å². The molecule has 3 rings (SSSR count). The van der Waals surface area contributed by atoms with Crippen LogP contribution in [0.3, 0.4) is 0 Å². The Hall–Kier alpha value is -2.73. The van der Waals surface area contributed by atoms with Crippen LogP contribution in [0.25, 0.3) is 0 Å². The Balaban J connectivity index is 1.58. The van der Waals surface area contributed by atoms with Crippen LogP contribution in [0.1, 0.15) is 34.8 Å². The maximum atomic E-state index is 14.6. The van der Waals surface area contributed by atoms with Crippen LogP contribution in [0.2, 0.25) is 0 Å². The molecule has 3 N–H and O–H groups in total. The lowest BCUT2D eigenvalue weighted by Gasteiger charge is -2.20. The number of hydrogen-bond acceptors (Lipinski definition) is 3. The summed E-state index contributed by atoms with van der Waals surface area (Å²) >= 11 is 0. The second-order valence-corrected chi connectivity index (χ2v) is 6.48. The predicted molar refractivity (Wildman–Crippen MR) is 98.4 cm³/mol. The molecule has 2 amide bonds. The zero-order valence-corrected chi connectivity index (χ0v) is 14.6. The molecular weight excluding hydrogens is 333 g/mol. The van der Waals surface area contributed by atoms with Crippen molar-refractivity contribution in [1.82, 2.24) is 10.6 Å². The van der Waals surface area contributed by atoms with Gasteiger partial charge in [-0.25, -0.2) is 4.39 Å². The monoisotopic (exact) mass is 355 g/mol. The van der Waals surface area contributed by atoms with E-state index in [1.165, 1.54) is 0 Å². The molecule has 1 aliphatic heterocycles. The van der Waals surface area contributed by atoms with E-state index >= 15 is 0 Å². The second-order valence-electron chi connectivity index (χ2n) is 6.48. The first kappa shape index (κ1) is 18.1. The van der Waals surface area contributed by atoms with Crippen LogP contribution in [-0.4, -0.2) is 24.4 Å². The van der Waals surface area contributed by atoms with Gasteiger partial charge in [-0.05, 0) is 49.2 Å². The molecular formula is C20H22FN3O2. The topological polar surface area (TPSA) is 70.2 Å². The Kier molecular flexibility index (Phi) is 5.63. The van der Waals surface area contributed by atoms with E-state index in [1.807, 2.05) is 12.1 Å². The molecule has 0 saturated carbocycles. The molecule has 1 unspecified atom stereocenters. The van der Waals surface area contributed by atoms with Crippen molar-refractivity contribution in [1.29, 1.82) is 0 Å². The van der Waals surface area contributed by atoms with Crippen molar-refractivity contribution >= 4 is 17.5 Å². The van der Waals surface area contributed by atoms with Gasteiger partial charge in [0.15, 0.2) is 0 Å². The van der Waals surface area contributed by atoms with Gasteiger partial charge in [0.1, 0.15) is 5.82 Å². The van der Waals surface area contributed by atoms with E-state index < -0.39 is 0 Å². The van der Waals surface area contributed by atoms with E-state index in [1.54, 1.807) is 37.3 Å². The van der Waals surface area contributed by atoms with Crippen LogP contribution in [0.15, 0.2) is 42.5 Å². The van der Waals surface area contributed by atoms with Crippen LogP contribution in [0.4, 0.5) is 10.1 Å². The Morgan fingerprint density at radius 1 is 1.19 bits per heavy atom. The Morgan fingerprint density at radius 2 is 1.96 bits per heavy atom. The summed E-state index contributed by atoms with van der Waals surface area (Å²) in [5.74, 6) is -0.935. The quantitative estimate of drug-likeness (QED) is 0.772. The van der Waals surface area contributed by atoms with Crippen molar-refractivity contribution in [3.8, 4) is 0 Å². The summed E-state index contributed by atoms with van der Waals surface area (Å²) < 4.78 is 14.6. The lowest BCUT2D eigenvalue weighted by atomic mass is 9.99. The van der Waals surface area contributed by atoms with Crippen molar-refractivity contribution in [3.05, 3.63) is 65.0 Å². The molecule has 136 valence electrons. The molecule has 0 spiro atoms. The highest BCUT2D eigenvalue weighted by Crippen LogP contribution is 2.24. The van der Waals surface area contributed by atoms with Crippen LogP contribution >= 0.6 is 0 Å². The first-order valence-electron chi connectivity index (χ1n) is 8.71. The molecule has 2 aromatic rings. The largest absolute Gasteiger partial charge is 0.349 e. The van der Waals surface area contributed by atoms with Gasteiger partial charge in [-0.2, -0.15) is 0 Å². The molecule has 1 atom stereocenters. The fourth-order valence-electron chi connectivity index (χ4n) is 3.06. The van der Waals surface area contributed by atoms with Gasteiger partial charge < -0.3 is 16.0 Å². The fraction of sp³-hybridized carbons (Fsp3) is 0.300. The van der Waals surface area contributed by atoms with Gasteiger partial charge in [0.2, 0.25) is 5.91 Å². The van der Waals surface area contributed by atoms with Crippen molar-refractivity contribution in [2.45, 2.75) is 32.4 Å². The summed E-state index contributed by atoms with van der Waals surface area (Å²) in [4.78, 5) is 24.3. The van der Waals surface area contributed by atoms with E-state index in [-0.39, 0.29) is 35.8 Å². The first-order chi connectivity index (χ1) is 12.5. The number of carbonyl (C=O) groups excluding carboxylic acids is 2. The smallest absolute Gasteiger partial charge is 0.251 e. The van der Waals surface area contributed by atoms with Crippen molar-refractivity contribution in [3.63, 3.8) is 0 Å². The molecule has 0 bridgehead atoms. The normalized spacial score (nSPS) is 14.2. The fourth-order valence-corrected chi connectivity index (χ4v) is 3.06. The average Bonchev–Trinajstić information content (AvgIpc) is 2.65. The van der Waals surface area contributed by atoms with Gasteiger partial charge in [-0.15, -0.1) is 0 Å². The summed E-state index contributed by atoms with van der Waals surface area (Å²) in [6.45, 7) is 3.11. The van der Waals surface area contributed by atoms with E-state index in [0.717, 1.165) is 12.1 Å². The summed E-state index contributed by atoms with van der Waals surface area (Å²) in [6, 6.07) is 11.9. The van der Waals surface area contributed by atoms with Crippen molar-refractivity contribution in [2.75, 3.05) is 11.9 Å². The first-order valence-corrected chi connectivity index (χ1v) is 8.71. The number of benzene rings is 2. The Labute approximate surface area is 152 Å². The lowest BCUT2D eigenvalue weighted by molar-refractivity contribution is -0.116. The number of carbonyl (C=O) groups is 2. The highest BCUT2D eigenvalue weighted by Gasteiger charge is 2.19. The standard InChI is InChI=1S/C20H22FN3O2/c1-13(23-20(26)14-5-3-2-4-6-14)11-18(25)24-17-8-7-15-12-22-10-9-16(15)19(17)21/h2-8,13,22H,9-12H2,1H3,(H,23,26)(H,24,25). The van der Waals surface area contributed by atoms with E-state index in [9.17, 15) is 14.0 Å². The average molecular weight is 355 g/mol. The summed E-state index contributed by atoms with van der Waals surface area (Å²) in [5, 5.41) is 8.59. The molecule has 1 heterocycles. The second kappa shape index (κ2) is 8.10. The Morgan fingerprint density at radius 3 is 2.73 bits per heavy atom. The number of amides is 2. The maximum absolute atomic E-state index is 14.6. The number of nitrogens with one attached hydrogen (secondary N) is 3. The zero-order valence-electron chi connectivity index (χ0n) is 14.6. The molecule has 5 nitrogen and oxygen atoms in total. The number of hydrogen-bond donors (Lipinski definition) is 3.